The minimum absolute atomic E-state index is 0.493. The molecule has 1 saturated heterocycles. The Labute approximate surface area is 123 Å². The van der Waals surface area contributed by atoms with Crippen LogP contribution in [-0.4, -0.2) is 24.0 Å². The number of hydrogen-bond donors (Lipinski definition) is 1. The van der Waals surface area contributed by atoms with Crippen LogP contribution < -0.4 is 5.32 Å². The highest BCUT2D eigenvalue weighted by Crippen LogP contribution is 2.24. The molecule has 0 aliphatic carbocycles. The third-order valence-electron chi connectivity index (χ3n) is 4.09. The molecule has 2 atom stereocenters. The lowest BCUT2D eigenvalue weighted by Crippen LogP contribution is -2.38. The predicted molar refractivity (Wildman–Crippen MR) is 83.6 cm³/mol. The zero-order chi connectivity index (χ0) is 14.7. The maximum atomic E-state index is 5.87. The van der Waals surface area contributed by atoms with E-state index in [1.807, 2.05) is 0 Å². The van der Waals surface area contributed by atoms with Gasteiger partial charge >= 0.3 is 0 Å². The lowest BCUT2D eigenvalue weighted by Gasteiger charge is -2.34. The van der Waals surface area contributed by atoms with Gasteiger partial charge in [-0.3, -0.25) is 4.90 Å². The second-order valence-corrected chi connectivity index (χ2v) is 6.97. The number of hydrogen-bond acceptors (Lipinski definition) is 3. The van der Waals surface area contributed by atoms with Gasteiger partial charge in [-0.25, -0.2) is 0 Å². The number of likely N-dealkylation sites (tertiary alicyclic amines) is 1. The van der Waals surface area contributed by atoms with E-state index in [0.717, 1.165) is 36.4 Å². The van der Waals surface area contributed by atoms with Crippen molar-refractivity contribution in [1.29, 1.82) is 0 Å². The predicted octanol–water partition coefficient (Wildman–Crippen LogP) is 3.56. The summed E-state index contributed by atoms with van der Waals surface area (Å²) < 4.78 is 5.87. The van der Waals surface area contributed by atoms with Gasteiger partial charge in [-0.1, -0.05) is 27.7 Å². The van der Waals surface area contributed by atoms with Crippen molar-refractivity contribution in [3.63, 3.8) is 0 Å². The Balaban J connectivity index is 1.95. The largest absolute Gasteiger partial charge is 0.465 e. The number of piperidine rings is 1. The molecule has 0 bridgehead atoms. The van der Waals surface area contributed by atoms with Gasteiger partial charge in [-0.05, 0) is 31.2 Å². The van der Waals surface area contributed by atoms with Crippen LogP contribution in [-0.2, 0) is 13.1 Å². The second-order valence-electron chi connectivity index (χ2n) is 6.97. The van der Waals surface area contributed by atoms with Gasteiger partial charge in [0.15, 0.2) is 0 Å². The Morgan fingerprint density at radius 2 is 1.95 bits per heavy atom. The van der Waals surface area contributed by atoms with Crippen molar-refractivity contribution in [1.82, 2.24) is 10.2 Å². The first kappa shape index (κ1) is 15.6. The van der Waals surface area contributed by atoms with E-state index in [1.165, 1.54) is 25.1 Å². The molecule has 1 N–H and O–H groups in total. The summed E-state index contributed by atoms with van der Waals surface area (Å²) in [5, 5.41) is 3.41. The molecule has 1 aliphatic heterocycles. The van der Waals surface area contributed by atoms with E-state index in [2.05, 4.69) is 50.9 Å². The molecule has 1 aromatic rings. The molecule has 3 heteroatoms. The maximum Gasteiger partial charge on any atom is 0.118 e. The summed E-state index contributed by atoms with van der Waals surface area (Å²) in [4.78, 5) is 2.58. The molecule has 0 radical (unpaired) electrons. The molecule has 2 heterocycles. The molecule has 1 aromatic heterocycles. The number of aryl methyl sites for hydroxylation is 1. The Morgan fingerprint density at radius 3 is 2.55 bits per heavy atom. The summed E-state index contributed by atoms with van der Waals surface area (Å²) in [5.74, 6) is 3.77. The van der Waals surface area contributed by atoms with Gasteiger partial charge in [0, 0.05) is 31.2 Å². The third kappa shape index (κ3) is 4.35. The fourth-order valence-corrected chi connectivity index (χ4v) is 3.30. The Morgan fingerprint density at radius 1 is 1.30 bits per heavy atom. The van der Waals surface area contributed by atoms with Gasteiger partial charge < -0.3 is 9.73 Å². The van der Waals surface area contributed by atoms with Gasteiger partial charge in [0.25, 0.3) is 0 Å². The minimum Gasteiger partial charge on any atom is -0.465 e. The highest BCUT2D eigenvalue weighted by atomic mass is 16.3. The molecule has 0 saturated carbocycles. The number of nitrogens with zero attached hydrogens (tertiary/aromatic N) is 1. The number of furan rings is 1. The SMILES string of the molecule is Cc1oc(CNC(C)C)cc1CN1CC(C)CC(C)C1. The van der Waals surface area contributed by atoms with Crippen LogP contribution in [0.15, 0.2) is 10.5 Å². The van der Waals surface area contributed by atoms with Gasteiger partial charge in [0.1, 0.15) is 11.5 Å². The molecule has 0 amide bonds. The lowest BCUT2D eigenvalue weighted by molar-refractivity contribution is 0.134. The highest BCUT2D eigenvalue weighted by Gasteiger charge is 2.22. The van der Waals surface area contributed by atoms with Crippen LogP contribution in [0.4, 0.5) is 0 Å². The molecule has 114 valence electrons. The Kier molecular flexibility index (Phi) is 5.28. The summed E-state index contributed by atoms with van der Waals surface area (Å²) in [6, 6.07) is 2.72. The van der Waals surface area contributed by atoms with Gasteiger partial charge in [0.2, 0.25) is 0 Å². The molecule has 1 fully saturated rings. The van der Waals surface area contributed by atoms with Crippen molar-refractivity contribution < 1.29 is 4.42 Å². The topological polar surface area (TPSA) is 28.4 Å². The van der Waals surface area contributed by atoms with Gasteiger partial charge in [-0.2, -0.15) is 0 Å². The third-order valence-corrected chi connectivity index (χ3v) is 4.09. The summed E-state index contributed by atoms with van der Waals surface area (Å²) >= 11 is 0. The Bertz CT molecular complexity index is 415. The van der Waals surface area contributed by atoms with E-state index in [0.29, 0.717) is 6.04 Å². The van der Waals surface area contributed by atoms with Crippen molar-refractivity contribution in [2.24, 2.45) is 11.8 Å². The van der Waals surface area contributed by atoms with Crippen molar-refractivity contribution in [2.45, 2.75) is 60.2 Å². The Hall–Kier alpha value is -0.800. The molecule has 0 spiro atoms. The average Bonchev–Trinajstić information content (AvgIpc) is 2.66. The van der Waals surface area contributed by atoms with Crippen molar-refractivity contribution in [3.05, 3.63) is 23.2 Å². The number of rotatable bonds is 5. The first-order valence-electron chi connectivity index (χ1n) is 7.98. The highest BCUT2D eigenvalue weighted by molar-refractivity contribution is 5.21. The summed E-state index contributed by atoms with van der Waals surface area (Å²) in [6.45, 7) is 15.4. The summed E-state index contributed by atoms with van der Waals surface area (Å²) in [6.07, 6.45) is 1.37. The average molecular weight is 278 g/mol. The monoisotopic (exact) mass is 278 g/mol. The zero-order valence-corrected chi connectivity index (χ0v) is 13.7. The first-order valence-corrected chi connectivity index (χ1v) is 7.98. The van der Waals surface area contributed by atoms with Crippen molar-refractivity contribution in [2.75, 3.05) is 13.1 Å². The first-order chi connectivity index (χ1) is 9.44. The van der Waals surface area contributed by atoms with Gasteiger partial charge in [0.05, 0.1) is 6.54 Å². The van der Waals surface area contributed by atoms with Crippen LogP contribution in [0.25, 0.3) is 0 Å². The van der Waals surface area contributed by atoms with E-state index in [4.69, 9.17) is 4.42 Å². The summed E-state index contributed by atoms with van der Waals surface area (Å²) in [5.41, 5.74) is 1.35. The quantitative estimate of drug-likeness (QED) is 0.892. The lowest BCUT2D eigenvalue weighted by atomic mass is 9.91. The van der Waals surface area contributed by atoms with Gasteiger partial charge in [-0.15, -0.1) is 0 Å². The van der Waals surface area contributed by atoms with E-state index in [-0.39, 0.29) is 0 Å². The molecule has 20 heavy (non-hydrogen) atoms. The normalized spacial score (nSPS) is 24.5. The molecule has 3 nitrogen and oxygen atoms in total. The molecule has 2 rings (SSSR count). The van der Waals surface area contributed by atoms with Crippen LogP contribution in [0.3, 0.4) is 0 Å². The van der Waals surface area contributed by atoms with Crippen LogP contribution in [0, 0.1) is 18.8 Å². The fourth-order valence-electron chi connectivity index (χ4n) is 3.30. The van der Waals surface area contributed by atoms with E-state index in [9.17, 15) is 0 Å². The molecule has 0 aromatic carbocycles. The van der Waals surface area contributed by atoms with E-state index >= 15 is 0 Å². The second kappa shape index (κ2) is 6.77. The molecule has 2 unspecified atom stereocenters. The van der Waals surface area contributed by atoms with Crippen LogP contribution in [0.2, 0.25) is 0 Å². The molecule has 1 aliphatic rings. The minimum atomic E-state index is 0.493. The number of nitrogens with one attached hydrogen (secondary N) is 1. The molecular weight excluding hydrogens is 248 g/mol. The smallest absolute Gasteiger partial charge is 0.118 e. The van der Waals surface area contributed by atoms with Crippen molar-refractivity contribution in [3.8, 4) is 0 Å². The van der Waals surface area contributed by atoms with Crippen LogP contribution in [0.1, 0.15) is 51.2 Å². The van der Waals surface area contributed by atoms with Crippen LogP contribution >= 0.6 is 0 Å². The van der Waals surface area contributed by atoms with E-state index in [1.54, 1.807) is 0 Å². The van der Waals surface area contributed by atoms with E-state index < -0.39 is 0 Å². The molecular formula is C17H30N2O. The zero-order valence-electron chi connectivity index (χ0n) is 13.7. The maximum absolute atomic E-state index is 5.87. The standard InChI is InChI=1S/C17H30N2O/c1-12(2)18-8-17-7-16(15(5)20-17)11-19-9-13(3)6-14(4)10-19/h7,12-14,18H,6,8-11H2,1-5H3. The summed E-state index contributed by atoms with van der Waals surface area (Å²) in [7, 11) is 0. The van der Waals surface area contributed by atoms with Crippen LogP contribution in [0.5, 0.6) is 0 Å². The fraction of sp³-hybridized carbons (Fsp3) is 0.765. The van der Waals surface area contributed by atoms with Crippen molar-refractivity contribution >= 4 is 0 Å².